The molecule has 1 aliphatic rings. The van der Waals surface area contributed by atoms with Gasteiger partial charge in [-0.05, 0) is 49.9 Å². The number of allylic oxidation sites excluding steroid dienone is 1. The maximum atomic E-state index is 15.4. The Labute approximate surface area is 209 Å². The molecule has 4 N–H and O–H groups in total. The molecule has 1 unspecified atom stereocenters. The van der Waals surface area contributed by atoms with Crippen LogP contribution in [0.25, 0.3) is 27.6 Å². The van der Waals surface area contributed by atoms with E-state index in [2.05, 4.69) is 9.55 Å². The van der Waals surface area contributed by atoms with Gasteiger partial charge in [-0.25, -0.2) is 10.2 Å². The largest absolute Gasteiger partial charge is 0.401 e. The number of ether oxygens (including phenoxy) is 1. The van der Waals surface area contributed by atoms with Crippen molar-refractivity contribution < 1.29 is 13.9 Å². The van der Waals surface area contributed by atoms with Gasteiger partial charge in [0.15, 0.2) is 6.29 Å². The van der Waals surface area contributed by atoms with Crippen LogP contribution in [-0.2, 0) is 4.74 Å². The van der Waals surface area contributed by atoms with E-state index in [1.54, 1.807) is 26.2 Å². The highest BCUT2D eigenvalue weighted by Crippen LogP contribution is 2.41. The minimum Gasteiger partial charge on any atom is -0.401 e. The molecule has 5 rings (SSSR count). The molecule has 36 heavy (non-hydrogen) atoms. The monoisotopic (exact) mass is 487 g/mol. The van der Waals surface area contributed by atoms with Crippen molar-refractivity contribution in [1.82, 2.24) is 14.6 Å². The SMILES string of the molecule is C/C(N)=C(\c1ccc2c3ncc(C=O)cc3n(C(c3ccccc3F)C3CCOCC3)c2c1)N(C)N. The Kier molecular flexibility index (Phi) is 6.47. The summed E-state index contributed by atoms with van der Waals surface area (Å²) >= 11 is 0. The molecule has 0 radical (unpaired) electrons. The molecule has 0 spiro atoms. The van der Waals surface area contributed by atoms with Crippen LogP contribution in [0.5, 0.6) is 0 Å². The molecule has 1 atom stereocenters. The van der Waals surface area contributed by atoms with Gasteiger partial charge in [0.2, 0.25) is 0 Å². The lowest BCUT2D eigenvalue weighted by Crippen LogP contribution is -2.28. The second-order valence-corrected chi connectivity index (χ2v) is 9.41. The first-order chi connectivity index (χ1) is 17.4. The average Bonchev–Trinajstić information content (AvgIpc) is 3.18. The summed E-state index contributed by atoms with van der Waals surface area (Å²) in [5.74, 6) is 5.99. The predicted molar refractivity (Wildman–Crippen MR) is 139 cm³/mol. The number of nitrogens with zero attached hydrogens (tertiary/aromatic N) is 3. The molecule has 4 aromatic rings. The lowest BCUT2D eigenvalue weighted by Gasteiger charge is -2.33. The molecule has 2 aromatic heterocycles. The summed E-state index contributed by atoms with van der Waals surface area (Å²) in [7, 11) is 1.74. The van der Waals surface area contributed by atoms with Gasteiger partial charge in [-0.3, -0.25) is 9.78 Å². The van der Waals surface area contributed by atoms with Crippen molar-refractivity contribution in [2.45, 2.75) is 25.8 Å². The van der Waals surface area contributed by atoms with Crippen molar-refractivity contribution in [3.8, 4) is 0 Å². The van der Waals surface area contributed by atoms with E-state index in [9.17, 15) is 4.79 Å². The Hall–Kier alpha value is -3.75. The summed E-state index contributed by atoms with van der Waals surface area (Å²) < 4.78 is 23.2. The Morgan fingerprint density at radius 1 is 1.19 bits per heavy atom. The Bertz CT molecular complexity index is 1470. The zero-order valence-electron chi connectivity index (χ0n) is 20.4. The average molecular weight is 488 g/mol. The molecule has 0 aliphatic carbocycles. The van der Waals surface area contributed by atoms with Gasteiger partial charge in [0.25, 0.3) is 0 Å². The molecule has 1 fully saturated rings. The minimum absolute atomic E-state index is 0.126. The van der Waals surface area contributed by atoms with E-state index in [0.29, 0.717) is 35.7 Å². The number of aromatic nitrogens is 2. The second-order valence-electron chi connectivity index (χ2n) is 9.41. The number of nitrogens with two attached hydrogens (primary N) is 2. The van der Waals surface area contributed by atoms with E-state index < -0.39 is 0 Å². The molecule has 1 saturated heterocycles. The van der Waals surface area contributed by atoms with Gasteiger partial charge in [-0.15, -0.1) is 0 Å². The Balaban J connectivity index is 1.88. The highest BCUT2D eigenvalue weighted by Gasteiger charge is 2.32. The molecule has 3 heterocycles. The second kappa shape index (κ2) is 9.72. The fourth-order valence-corrected chi connectivity index (χ4v) is 5.49. The number of rotatable bonds is 6. The van der Waals surface area contributed by atoms with Crippen molar-refractivity contribution in [2.24, 2.45) is 17.5 Å². The van der Waals surface area contributed by atoms with E-state index in [1.165, 1.54) is 11.1 Å². The van der Waals surface area contributed by atoms with Gasteiger partial charge in [0, 0.05) is 54.2 Å². The number of pyridine rings is 1. The fourth-order valence-electron chi connectivity index (χ4n) is 5.49. The van der Waals surface area contributed by atoms with E-state index in [1.807, 2.05) is 36.4 Å². The molecule has 2 aromatic carbocycles. The topological polar surface area (TPSA) is 99.4 Å². The molecular weight excluding hydrogens is 457 g/mol. The first-order valence-electron chi connectivity index (χ1n) is 12.1. The van der Waals surface area contributed by atoms with Crippen LogP contribution < -0.4 is 11.6 Å². The molecule has 186 valence electrons. The number of hydrogen-bond acceptors (Lipinski definition) is 6. The highest BCUT2D eigenvalue weighted by atomic mass is 19.1. The van der Waals surface area contributed by atoms with Crippen molar-refractivity contribution in [3.05, 3.63) is 82.9 Å². The number of aldehydes is 1. The lowest BCUT2D eigenvalue weighted by atomic mass is 9.86. The third kappa shape index (κ3) is 4.12. The van der Waals surface area contributed by atoms with Crippen LogP contribution in [0.15, 0.2) is 60.4 Å². The van der Waals surface area contributed by atoms with Gasteiger partial charge in [-0.2, -0.15) is 0 Å². The predicted octanol–water partition coefficient (Wildman–Crippen LogP) is 4.61. The normalized spacial score (nSPS) is 16.2. The maximum absolute atomic E-state index is 15.4. The molecule has 8 heteroatoms. The van der Waals surface area contributed by atoms with E-state index >= 15 is 4.39 Å². The number of fused-ring (bicyclic) bond motifs is 3. The quantitative estimate of drug-likeness (QED) is 0.234. The summed E-state index contributed by atoms with van der Waals surface area (Å²) in [4.78, 5) is 16.3. The summed E-state index contributed by atoms with van der Waals surface area (Å²) in [5, 5.41) is 2.41. The molecule has 0 saturated carbocycles. The molecule has 7 nitrogen and oxygen atoms in total. The Morgan fingerprint density at radius 2 is 1.94 bits per heavy atom. The van der Waals surface area contributed by atoms with E-state index in [0.717, 1.165) is 46.6 Å². The summed E-state index contributed by atoms with van der Waals surface area (Å²) in [6.45, 7) is 3.04. The number of halogens is 1. The molecular formula is C28H30FN5O2. The van der Waals surface area contributed by atoms with E-state index in [-0.39, 0.29) is 17.8 Å². The van der Waals surface area contributed by atoms with Crippen LogP contribution in [0.3, 0.4) is 0 Å². The smallest absolute Gasteiger partial charge is 0.151 e. The van der Waals surface area contributed by atoms with Crippen LogP contribution in [0.1, 0.15) is 47.3 Å². The lowest BCUT2D eigenvalue weighted by molar-refractivity contribution is 0.0548. The number of carbonyl (C=O) groups is 1. The van der Waals surface area contributed by atoms with Gasteiger partial charge in [0.05, 0.1) is 28.3 Å². The van der Waals surface area contributed by atoms with Gasteiger partial charge >= 0.3 is 0 Å². The number of hydrazine groups is 1. The number of carbonyl (C=O) groups excluding carboxylic acids is 1. The summed E-state index contributed by atoms with van der Waals surface area (Å²) in [6, 6.07) is 14.4. The number of hydrogen-bond donors (Lipinski definition) is 2. The Morgan fingerprint density at radius 3 is 2.61 bits per heavy atom. The maximum Gasteiger partial charge on any atom is 0.151 e. The van der Waals surface area contributed by atoms with Crippen molar-refractivity contribution in [3.63, 3.8) is 0 Å². The van der Waals surface area contributed by atoms with Crippen molar-refractivity contribution in [1.29, 1.82) is 0 Å². The zero-order chi connectivity index (χ0) is 25.4. The van der Waals surface area contributed by atoms with Gasteiger partial charge < -0.3 is 20.0 Å². The molecule has 0 bridgehead atoms. The van der Waals surface area contributed by atoms with Gasteiger partial charge in [-0.1, -0.05) is 24.3 Å². The van der Waals surface area contributed by atoms with Crippen LogP contribution in [0.2, 0.25) is 0 Å². The first-order valence-corrected chi connectivity index (χ1v) is 12.1. The van der Waals surface area contributed by atoms with Crippen LogP contribution >= 0.6 is 0 Å². The first kappa shape index (κ1) is 24.0. The third-order valence-electron chi connectivity index (χ3n) is 7.01. The molecule has 1 aliphatic heterocycles. The minimum atomic E-state index is -0.323. The summed E-state index contributed by atoms with van der Waals surface area (Å²) in [6.07, 6.45) is 3.94. The van der Waals surface area contributed by atoms with Crippen LogP contribution in [0, 0.1) is 11.7 Å². The fraction of sp³-hybridized carbons (Fsp3) is 0.286. The molecule has 0 amide bonds. The van der Waals surface area contributed by atoms with Gasteiger partial charge in [0.1, 0.15) is 5.82 Å². The van der Waals surface area contributed by atoms with Crippen LogP contribution in [0.4, 0.5) is 4.39 Å². The van der Waals surface area contributed by atoms with Crippen LogP contribution in [-0.4, -0.2) is 41.1 Å². The van der Waals surface area contributed by atoms with E-state index in [4.69, 9.17) is 16.3 Å². The zero-order valence-corrected chi connectivity index (χ0v) is 20.4. The number of benzene rings is 2. The highest BCUT2D eigenvalue weighted by molar-refractivity contribution is 6.07. The third-order valence-corrected chi connectivity index (χ3v) is 7.01. The summed E-state index contributed by atoms with van der Waals surface area (Å²) in [5.41, 5.74) is 11.8. The van der Waals surface area contributed by atoms with Crippen molar-refractivity contribution >= 4 is 33.9 Å². The van der Waals surface area contributed by atoms with Crippen molar-refractivity contribution in [2.75, 3.05) is 20.3 Å². The standard InChI is InChI=1S/C28H30FN5O2/c1-17(30)27(33(2)31)20-7-8-22-24(14-20)34(25-13-18(16-35)15-32-26(22)25)28(19-9-11-36-12-10-19)21-5-3-4-6-23(21)29/h3-8,13-16,19,28H,9-12,30-31H2,1-2H3/b27-17-.